The lowest BCUT2D eigenvalue weighted by molar-refractivity contribution is 0.484. The van der Waals surface area contributed by atoms with Gasteiger partial charge in [0.05, 0.1) is 24.1 Å². The molecule has 2 N–H and O–H groups in total. The number of nitrogens with one attached hydrogen (secondary N) is 2. The number of pyridine rings is 1. The predicted molar refractivity (Wildman–Crippen MR) is 148 cm³/mol. The van der Waals surface area contributed by atoms with Crippen molar-refractivity contribution in [3.05, 3.63) is 66.1 Å². The molecule has 1 aliphatic rings. The van der Waals surface area contributed by atoms with Crippen LogP contribution in [-0.4, -0.2) is 66.9 Å². The molecule has 0 bridgehead atoms. The molecule has 3 aromatic heterocycles. The summed E-state index contributed by atoms with van der Waals surface area (Å²) in [4.78, 5) is 15.7. The molecule has 11 nitrogen and oxygen atoms in total. The van der Waals surface area contributed by atoms with E-state index in [1.54, 1.807) is 18.5 Å². The third-order valence-corrected chi connectivity index (χ3v) is 7.76. The summed E-state index contributed by atoms with van der Waals surface area (Å²) >= 11 is 0. The molecule has 0 saturated carbocycles. The van der Waals surface area contributed by atoms with Crippen LogP contribution in [0.1, 0.15) is 18.1 Å². The van der Waals surface area contributed by atoms with E-state index >= 15 is 0 Å². The molecule has 1 atom stereocenters. The average molecular weight is 532 g/mol. The Morgan fingerprint density at radius 1 is 1.26 bits per heavy atom. The number of nitrogens with zero attached hydrogens (tertiary/aromatic N) is 7. The van der Waals surface area contributed by atoms with E-state index in [1.165, 1.54) is 11.4 Å². The molecule has 5 rings (SSSR count). The minimum Gasteiger partial charge on any atom is -0.368 e. The summed E-state index contributed by atoms with van der Waals surface area (Å²) in [6.07, 6.45) is 6.34. The SMILES string of the molecule is C[C@H]1CN(c2ccc(Nc3ncc4ccn(Cc5cccnc5N(C)S(C)(=O)=O)c4n3)cc2C#N)CCN1. The van der Waals surface area contributed by atoms with Gasteiger partial charge >= 0.3 is 0 Å². The van der Waals surface area contributed by atoms with Crippen LogP contribution in [0.4, 0.5) is 23.1 Å². The molecule has 0 unspecified atom stereocenters. The molecule has 1 aliphatic heterocycles. The van der Waals surface area contributed by atoms with Crippen LogP contribution >= 0.6 is 0 Å². The van der Waals surface area contributed by atoms with Gasteiger partial charge in [-0.2, -0.15) is 10.2 Å². The molecular weight excluding hydrogens is 502 g/mol. The number of hydrogen-bond acceptors (Lipinski definition) is 9. The van der Waals surface area contributed by atoms with Crippen molar-refractivity contribution in [3.63, 3.8) is 0 Å². The molecule has 4 aromatic rings. The van der Waals surface area contributed by atoms with E-state index in [2.05, 4.69) is 38.5 Å². The maximum Gasteiger partial charge on any atom is 0.233 e. The molecule has 1 fully saturated rings. The molecule has 38 heavy (non-hydrogen) atoms. The minimum absolute atomic E-state index is 0.360. The lowest BCUT2D eigenvalue weighted by Crippen LogP contribution is -2.49. The average Bonchev–Trinajstić information content (AvgIpc) is 3.30. The number of benzene rings is 1. The Hall–Kier alpha value is -4.21. The van der Waals surface area contributed by atoms with Crippen molar-refractivity contribution in [2.45, 2.75) is 19.5 Å². The normalized spacial score (nSPS) is 15.8. The Labute approximate surface area is 221 Å². The van der Waals surface area contributed by atoms with E-state index in [9.17, 15) is 13.7 Å². The monoisotopic (exact) mass is 531 g/mol. The molecule has 1 saturated heterocycles. The van der Waals surface area contributed by atoms with Crippen molar-refractivity contribution in [2.24, 2.45) is 0 Å². The summed E-state index contributed by atoms with van der Waals surface area (Å²) in [7, 11) is -1.97. The number of sulfonamides is 1. The van der Waals surface area contributed by atoms with Gasteiger partial charge in [-0.1, -0.05) is 6.07 Å². The highest BCUT2D eigenvalue weighted by atomic mass is 32.2. The first-order valence-electron chi connectivity index (χ1n) is 12.2. The van der Waals surface area contributed by atoms with Gasteiger partial charge in [-0.3, -0.25) is 4.31 Å². The zero-order valence-electron chi connectivity index (χ0n) is 21.5. The predicted octanol–water partition coefficient (Wildman–Crippen LogP) is 2.68. The topological polar surface area (TPSA) is 132 Å². The number of hydrogen-bond donors (Lipinski definition) is 2. The molecule has 4 heterocycles. The van der Waals surface area contributed by atoms with Gasteiger partial charge in [0.2, 0.25) is 16.0 Å². The van der Waals surface area contributed by atoms with Gasteiger partial charge in [0.15, 0.2) is 0 Å². The van der Waals surface area contributed by atoms with Gasteiger partial charge < -0.3 is 20.1 Å². The Kier molecular flexibility index (Phi) is 6.88. The summed E-state index contributed by atoms with van der Waals surface area (Å²) in [6.45, 7) is 5.08. The second-order valence-electron chi connectivity index (χ2n) is 9.40. The van der Waals surface area contributed by atoms with Crippen molar-refractivity contribution < 1.29 is 8.42 Å². The smallest absolute Gasteiger partial charge is 0.233 e. The van der Waals surface area contributed by atoms with E-state index < -0.39 is 10.0 Å². The number of nitriles is 1. The van der Waals surface area contributed by atoms with Crippen LogP contribution in [0.25, 0.3) is 11.0 Å². The van der Waals surface area contributed by atoms with E-state index in [-0.39, 0.29) is 0 Å². The maximum atomic E-state index is 12.1. The van der Waals surface area contributed by atoms with Crippen LogP contribution < -0.4 is 19.8 Å². The summed E-state index contributed by atoms with van der Waals surface area (Å²) < 4.78 is 27.3. The van der Waals surface area contributed by atoms with Gasteiger partial charge in [0.1, 0.15) is 17.5 Å². The quantitative estimate of drug-likeness (QED) is 0.369. The van der Waals surface area contributed by atoms with Crippen LogP contribution in [0.5, 0.6) is 0 Å². The third-order valence-electron chi connectivity index (χ3n) is 6.59. The first-order valence-corrected chi connectivity index (χ1v) is 14.1. The second-order valence-corrected chi connectivity index (χ2v) is 11.4. The number of aromatic nitrogens is 4. The number of anilines is 4. The van der Waals surface area contributed by atoms with E-state index in [0.29, 0.717) is 35.6 Å². The largest absolute Gasteiger partial charge is 0.368 e. The van der Waals surface area contributed by atoms with Crippen molar-refractivity contribution in [2.75, 3.05) is 47.5 Å². The van der Waals surface area contributed by atoms with Crippen LogP contribution in [-0.2, 0) is 16.6 Å². The van der Waals surface area contributed by atoms with E-state index in [0.717, 1.165) is 48.2 Å². The summed E-state index contributed by atoms with van der Waals surface area (Å²) in [6, 6.07) is 13.9. The van der Waals surface area contributed by atoms with Crippen molar-refractivity contribution >= 4 is 44.2 Å². The number of fused-ring (bicyclic) bond motifs is 1. The van der Waals surface area contributed by atoms with E-state index in [1.807, 2.05) is 41.1 Å². The second kappa shape index (κ2) is 10.3. The molecule has 1 aromatic carbocycles. The van der Waals surface area contributed by atoms with Crippen LogP contribution in [0, 0.1) is 11.3 Å². The first kappa shape index (κ1) is 25.4. The highest BCUT2D eigenvalue weighted by Gasteiger charge is 2.20. The lowest BCUT2D eigenvalue weighted by atomic mass is 10.1. The fourth-order valence-corrected chi connectivity index (χ4v) is 5.07. The number of rotatable bonds is 7. The van der Waals surface area contributed by atoms with Crippen molar-refractivity contribution in [1.29, 1.82) is 5.26 Å². The summed E-state index contributed by atoms with van der Waals surface area (Å²) in [5.74, 6) is 0.761. The summed E-state index contributed by atoms with van der Waals surface area (Å²) in [5.41, 5.74) is 3.65. The van der Waals surface area contributed by atoms with Gasteiger partial charge in [-0.15, -0.1) is 0 Å². The molecule has 0 amide bonds. The van der Waals surface area contributed by atoms with Crippen LogP contribution in [0.3, 0.4) is 0 Å². The number of piperazine rings is 1. The molecule has 196 valence electrons. The van der Waals surface area contributed by atoms with Crippen LogP contribution in [0.2, 0.25) is 0 Å². The molecular formula is C26H29N9O2S. The Morgan fingerprint density at radius 2 is 2.11 bits per heavy atom. The van der Waals surface area contributed by atoms with Crippen molar-refractivity contribution in [1.82, 2.24) is 24.8 Å². The zero-order chi connectivity index (χ0) is 26.9. The molecule has 12 heteroatoms. The van der Waals surface area contributed by atoms with Crippen LogP contribution in [0.15, 0.2) is 55.0 Å². The highest BCUT2D eigenvalue weighted by molar-refractivity contribution is 7.92. The fourth-order valence-electron chi connectivity index (χ4n) is 4.60. The zero-order valence-corrected chi connectivity index (χ0v) is 22.3. The first-order chi connectivity index (χ1) is 18.2. The Morgan fingerprint density at radius 3 is 2.87 bits per heavy atom. The minimum atomic E-state index is -3.46. The molecule has 0 radical (unpaired) electrons. The van der Waals surface area contributed by atoms with Gasteiger partial charge in [0.25, 0.3) is 0 Å². The van der Waals surface area contributed by atoms with Gasteiger partial charge in [-0.25, -0.2) is 18.4 Å². The van der Waals surface area contributed by atoms with Gasteiger partial charge in [-0.05, 0) is 37.3 Å². The van der Waals surface area contributed by atoms with Crippen molar-refractivity contribution in [3.8, 4) is 6.07 Å². The Bertz CT molecular complexity index is 1630. The summed E-state index contributed by atoms with van der Waals surface area (Å²) in [5, 5.41) is 17.3. The Balaban J connectivity index is 1.41. The molecule has 0 aliphatic carbocycles. The fraction of sp³-hybridized carbons (Fsp3) is 0.308. The highest BCUT2D eigenvalue weighted by Crippen LogP contribution is 2.27. The lowest BCUT2D eigenvalue weighted by Gasteiger charge is -2.34. The third kappa shape index (κ3) is 5.25. The molecule has 0 spiro atoms. The maximum absolute atomic E-state index is 12.1. The standard InChI is InChI=1S/C26H29N9O2S/c1-18-16-34(12-10-28-18)23-7-6-22(13-21(23)14-27)31-26-30-15-19-8-11-35(25(19)32-26)17-20-5-4-9-29-24(20)33(2)38(3,36)37/h4-9,11,13,15,18,28H,10,12,16-17H2,1-3H3,(H,30,31,32)/t18-/m0/s1. The van der Waals surface area contributed by atoms with Gasteiger partial charge in [0, 0.05) is 68.0 Å². The van der Waals surface area contributed by atoms with E-state index in [4.69, 9.17) is 4.98 Å².